The number of carbonyl (C=O) groups excluding carboxylic acids is 1. The lowest BCUT2D eigenvalue weighted by Gasteiger charge is -2.22. The average molecular weight is 268 g/mol. The molecular weight excluding hydrogens is 252 g/mol. The van der Waals surface area contributed by atoms with Gasteiger partial charge in [0.15, 0.2) is 0 Å². The Morgan fingerprint density at radius 3 is 2.85 bits per heavy atom. The van der Waals surface area contributed by atoms with Crippen LogP contribution >= 0.6 is 0 Å². The Balaban J connectivity index is 1.70. The number of hydrogen-bond acceptors (Lipinski definition) is 3. The van der Waals surface area contributed by atoms with Gasteiger partial charge in [-0.1, -0.05) is 30.3 Å². The van der Waals surface area contributed by atoms with Crippen LogP contribution in [-0.2, 0) is 17.8 Å². The second-order valence-corrected chi connectivity index (χ2v) is 4.96. The predicted molar refractivity (Wildman–Crippen MR) is 76.0 cm³/mol. The van der Waals surface area contributed by atoms with Crippen LogP contribution in [0.15, 0.2) is 48.5 Å². The van der Waals surface area contributed by atoms with Gasteiger partial charge in [-0.25, -0.2) is 0 Å². The van der Waals surface area contributed by atoms with Crippen LogP contribution in [0.4, 0.5) is 0 Å². The molecule has 0 amide bonds. The van der Waals surface area contributed by atoms with Gasteiger partial charge in [0.25, 0.3) is 0 Å². The molecular formula is C17H16O3. The van der Waals surface area contributed by atoms with E-state index in [9.17, 15) is 4.79 Å². The quantitative estimate of drug-likeness (QED) is 0.800. The highest BCUT2D eigenvalue weighted by Crippen LogP contribution is 2.30. The molecule has 1 heterocycles. The van der Waals surface area contributed by atoms with E-state index < -0.39 is 0 Å². The van der Waals surface area contributed by atoms with E-state index >= 15 is 0 Å². The molecule has 3 rings (SSSR count). The molecule has 3 nitrogen and oxygen atoms in total. The Labute approximate surface area is 118 Å². The van der Waals surface area contributed by atoms with E-state index in [1.807, 2.05) is 48.5 Å². The molecule has 2 aromatic carbocycles. The Morgan fingerprint density at radius 2 is 2.05 bits per heavy atom. The largest absolute Gasteiger partial charge is 0.493 e. The van der Waals surface area contributed by atoms with E-state index in [0.29, 0.717) is 13.2 Å². The monoisotopic (exact) mass is 268 g/mol. The number of carbonyl (C=O) groups is 1. The van der Waals surface area contributed by atoms with Gasteiger partial charge in [0.1, 0.15) is 24.4 Å². The van der Waals surface area contributed by atoms with Gasteiger partial charge in [0, 0.05) is 0 Å². The molecule has 2 aromatic rings. The summed E-state index contributed by atoms with van der Waals surface area (Å²) in [6.45, 7) is 1.01. The molecule has 0 spiro atoms. The molecule has 20 heavy (non-hydrogen) atoms. The van der Waals surface area contributed by atoms with Crippen LogP contribution in [0, 0.1) is 5.92 Å². The van der Waals surface area contributed by atoms with Crippen molar-refractivity contribution in [1.82, 2.24) is 0 Å². The molecule has 0 radical (unpaired) electrons. The van der Waals surface area contributed by atoms with Gasteiger partial charge in [0.2, 0.25) is 0 Å². The first kappa shape index (κ1) is 12.7. The lowest BCUT2D eigenvalue weighted by atomic mass is 9.98. The van der Waals surface area contributed by atoms with Crippen molar-refractivity contribution in [3.05, 3.63) is 59.7 Å². The zero-order valence-electron chi connectivity index (χ0n) is 11.1. The van der Waals surface area contributed by atoms with Gasteiger partial charge in [0.05, 0.1) is 12.5 Å². The van der Waals surface area contributed by atoms with Crippen LogP contribution in [-0.4, -0.2) is 12.9 Å². The summed E-state index contributed by atoms with van der Waals surface area (Å²) in [4.78, 5) is 10.9. The molecule has 1 atom stereocenters. The highest BCUT2D eigenvalue weighted by Gasteiger charge is 2.19. The van der Waals surface area contributed by atoms with Gasteiger partial charge in [-0.3, -0.25) is 0 Å². The minimum atomic E-state index is -0.0492. The smallest absolute Gasteiger partial charge is 0.126 e. The van der Waals surface area contributed by atoms with Crippen molar-refractivity contribution in [2.45, 2.75) is 13.0 Å². The van der Waals surface area contributed by atoms with Crippen molar-refractivity contribution in [1.29, 1.82) is 0 Å². The van der Waals surface area contributed by atoms with Crippen LogP contribution in [0.2, 0.25) is 0 Å². The minimum Gasteiger partial charge on any atom is -0.493 e. The second kappa shape index (κ2) is 5.78. The highest BCUT2D eigenvalue weighted by atomic mass is 16.5. The molecule has 0 aliphatic carbocycles. The summed E-state index contributed by atoms with van der Waals surface area (Å²) < 4.78 is 11.3. The summed E-state index contributed by atoms with van der Waals surface area (Å²) in [6.07, 6.45) is 1.68. The van der Waals surface area contributed by atoms with Crippen molar-refractivity contribution in [2.75, 3.05) is 6.61 Å². The Morgan fingerprint density at radius 1 is 1.20 bits per heavy atom. The van der Waals surface area contributed by atoms with E-state index in [-0.39, 0.29) is 5.92 Å². The van der Waals surface area contributed by atoms with Gasteiger partial charge < -0.3 is 14.3 Å². The van der Waals surface area contributed by atoms with E-state index in [4.69, 9.17) is 9.47 Å². The Hall–Kier alpha value is -2.29. The Bertz CT molecular complexity index is 592. The molecule has 0 saturated carbocycles. The second-order valence-electron chi connectivity index (χ2n) is 4.96. The van der Waals surface area contributed by atoms with Crippen molar-refractivity contribution in [2.24, 2.45) is 5.92 Å². The average Bonchev–Trinajstić information content (AvgIpc) is 2.53. The third kappa shape index (κ3) is 2.82. The van der Waals surface area contributed by atoms with Crippen LogP contribution in [0.1, 0.15) is 11.1 Å². The first-order valence-corrected chi connectivity index (χ1v) is 6.73. The topological polar surface area (TPSA) is 35.5 Å². The van der Waals surface area contributed by atoms with Crippen LogP contribution < -0.4 is 9.47 Å². The fourth-order valence-electron chi connectivity index (χ4n) is 2.31. The summed E-state index contributed by atoms with van der Waals surface area (Å²) in [7, 11) is 0. The zero-order chi connectivity index (χ0) is 13.8. The van der Waals surface area contributed by atoms with E-state index in [1.165, 1.54) is 0 Å². The molecule has 0 bridgehead atoms. The number of aldehydes is 1. The summed E-state index contributed by atoms with van der Waals surface area (Å²) in [6, 6.07) is 15.8. The van der Waals surface area contributed by atoms with Gasteiger partial charge in [-0.05, 0) is 35.7 Å². The molecule has 1 aliphatic rings. The van der Waals surface area contributed by atoms with Crippen molar-refractivity contribution in [3.8, 4) is 11.5 Å². The predicted octanol–water partition coefficient (Wildman–Crippen LogP) is 3.02. The molecule has 0 N–H and O–H groups in total. The molecule has 0 fully saturated rings. The molecule has 102 valence electrons. The summed E-state index contributed by atoms with van der Waals surface area (Å²) in [5, 5.41) is 0. The number of fused-ring (bicyclic) bond motifs is 1. The SMILES string of the molecule is O=C[C@H]1COc2ccc(OCc3ccccc3)cc2C1. The summed E-state index contributed by atoms with van der Waals surface area (Å²) >= 11 is 0. The zero-order valence-corrected chi connectivity index (χ0v) is 11.1. The maximum atomic E-state index is 10.9. The number of benzene rings is 2. The fraction of sp³-hybridized carbons (Fsp3) is 0.235. The fourth-order valence-corrected chi connectivity index (χ4v) is 2.31. The van der Waals surface area contributed by atoms with Crippen molar-refractivity contribution >= 4 is 6.29 Å². The summed E-state index contributed by atoms with van der Waals surface area (Å²) in [5.74, 6) is 1.62. The van der Waals surface area contributed by atoms with Crippen LogP contribution in [0.25, 0.3) is 0 Å². The van der Waals surface area contributed by atoms with Crippen molar-refractivity contribution in [3.63, 3.8) is 0 Å². The van der Waals surface area contributed by atoms with Gasteiger partial charge in [-0.2, -0.15) is 0 Å². The lowest BCUT2D eigenvalue weighted by Crippen LogP contribution is -2.21. The van der Waals surface area contributed by atoms with Crippen LogP contribution in [0.3, 0.4) is 0 Å². The maximum Gasteiger partial charge on any atom is 0.126 e. The van der Waals surface area contributed by atoms with E-state index in [1.54, 1.807) is 0 Å². The number of rotatable bonds is 4. The molecule has 3 heteroatoms. The highest BCUT2D eigenvalue weighted by molar-refractivity contribution is 5.57. The van der Waals surface area contributed by atoms with E-state index in [2.05, 4.69) is 0 Å². The number of ether oxygens (including phenoxy) is 2. The Kier molecular flexibility index (Phi) is 3.68. The summed E-state index contributed by atoms with van der Waals surface area (Å²) in [5.41, 5.74) is 2.17. The minimum absolute atomic E-state index is 0.0492. The first-order chi connectivity index (χ1) is 9.85. The standard InChI is InChI=1S/C17H16O3/c18-10-14-8-15-9-16(6-7-17(15)20-12-14)19-11-13-4-2-1-3-5-13/h1-7,9-10,14H,8,11-12H2/t14-/m0/s1. The lowest BCUT2D eigenvalue weighted by molar-refractivity contribution is -0.112. The third-order valence-corrected chi connectivity index (χ3v) is 3.41. The van der Waals surface area contributed by atoms with E-state index in [0.717, 1.165) is 35.3 Å². The normalized spacial score (nSPS) is 16.9. The molecule has 0 aromatic heterocycles. The van der Waals surface area contributed by atoms with Crippen LogP contribution in [0.5, 0.6) is 11.5 Å². The molecule has 0 saturated heterocycles. The maximum absolute atomic E-state index is 10.9. The third-order valence-electron chi connectivity index (χ3n) is 3.41. The van der Waals surface area contributed by atoms with Gasteiger partial charge in [-0.15, -0.1) is 0 Å². The van der Waals surface area contributed by atoms with Crippen molar-refractivity contribution < 1.29 is 14.3 Å². The molecule has 1 aliphatic heterocycles. The van der Waals surface area contributed by atoms with Gasteiger partial charge >= 0.3 is 0 Å². The number of hydrogen-bond donors (Lipinski definition) is 0. The molecule has 0 unspecified atom stereocenters. The first-order valence-electron chi connectivity index (χ1n) is 6.73.